The van der Waals surface area contributed by atoms with Crippen LogP contribution in [0.1, 0.15) is 200 Å². The maximum atomic E-state index is 12.8. The molecule has 2 unspecified atom stereocenters. The predicted octanol–water partition coefficient (Wildman–Crippen LogP) is 11.8. The minimum atomic E-state index is -1.62. The molecule has 0 aliphatic carbocycles. The number of hydrogen-bond donors (Lipinski definition) is 0. The van der Waals surface area contributed by atoms with Crippen molar-refractivity contribution in [3.63, 3.8) is 0 Å². The van der Waals surface area contributed by atoms with Gasteiger partial charge in [0.2, 0.25) is 0 Å². The van der Waals surface area contributed by atoms with Crippen LogP contribution in [0.4, 0.5) is 0 Å². The predicted molar refractivity (Wildman–Crippen MR) is 246 cm³/mol. The van der Waals surface area contributed by atoms with Crippen LogP contribution in [0.25, 0.3) is 0 Å². The zero-order chi connectivity index (χ0) is 44.2. The van der Waals surface area contributed by atoms with E-state index in [-0.39, 0.29) is 32.2 Å². The van der Waals surface area contributed by atoms with E-state index >= 15 is 0 Å². The van der Waals surface area contributed by atoms with Gasteiger partial charge < -0.3 is 33.3 Å². The summed E-state index contributed by atoms with van der Waals surface area (Å²) in [6.45, 7) is 4.63. The number of likely N-dealkylation sites (N-methyl/N-ethyl adjacent to an activating group) is 1. The highest BCUT2D eigenvalue weighted by Gasteiger charge is 2.21. The van der Waals surface area contributed by atoms with Gasteiger partial charge in [-0.05, 0) is 51.4 Å². The lowest BCUT2D eigenvalue weighted by molar-refractivity contribution is -0.870. The van der Waals surface area contributed by atoms with Gasteiger partial charge in [-0.25, -0.2) is 0 Å². The number of esters is 2. The number of rotatable bonds is 44. The van der Waals surface area contributed by atoms with Crippen LogP contribution in [0.5, 0.6) is 0 Å². The van der Waals surface area contributed by atoms with Crippen molar-refractivity contribution in [1.29, 1.82) is 0 Å². The second-order valence-electron chi connectivity index (χ2n) is 17.4. The number of aliphatic carboxylic acids is 1. The molecule has 0 radical (unpaired) electrons. The van der Waals surface area contributed by atoms with Gasteiger partial charge in [-0.15, -0.1) is 0 Å². The number of unbranched alkanes of at least 4 members (excludes halogenated alkanes) is 21. The van der Waals surface area contributed by atoms with Crippen LogP contribution in [0.2, 0.25) is 0 Å². The molecule has 0 aromatic rings. The van der Waals surface area contributed by atoms with Gasteiger partial charge in [-0.1, -0.05) is 184 Å². The highest BCUT2D eigenvalue weighted by molar-refractivity contribution is 5.70. The van der Waals surface area contributed by atoms with Crippen molar-refractivity contribution >= 4 is 17.9 Å². The second kappa shape index (κ2) is 42.9. The standard InChI is InChI=1S/C51H91NO8/c1-6-8-10-12-14-16-18-20-22-23-24-25-26-27-28-30-32-34-36-38-40-42-49(54)60-47(46-59-51(50(55)56)57-44-43-52(3,4)5)45-58-48(53)41-39-37-35-33-31-29-21-19-17-15-13-11-9-7-2/h8,10,14,16,20,22,24-25,47,51H,6-7,9,11-13,15,17-19,21,23,26-46H2,1-5H3/b10-8-,16-14-,22-20-,25-24-. The van der Waals surface area contributed by atoms with E-state index in [9.17, 15) is 19.5 Å². The molecule has 0 heterocycles. The third-order valence-corrected chi connectivity index (χ3v) is 10.3. The fourth-order valence-electron chi connectivity index (χ4n) is 6.59. The molecule has 9 heteroatoms. The van der Waals surface area contributed by atoms with E-state index in [0.717, 1.165) is 70.6 Å². The van der Waals surface area contributed by atoms with Gasteiger partial charge in [0.1, 0.15) is 13.2 Å². The Hall–Kier alpha value is -2.75. The van der Waals surface area contributed by atoms with Gasteiger partial charge in [-0.3, -0.25) is 9.59 Å². The van der Waals surface area contributed by atoms with Crippen molar-refractivity contribution in [2.75, 3.05) is 47.5 Å². The van der Waals surface area contributed by atoms with Crippen LogP contribution in [0, 0.1) is 0 Å². The van der Waals surface area contributed by atoms with Crippen LogP contribution in [0.15, 0.2) is 48.6 Å². The van der Waals surface area contributed by atoms with Crippen LogP contribution in [0.3, 0.4) is 0 Å². The summed E-state index contributed by atoms with van der Waals surface area (Å²) < 4.78 is 22.6. The quantitative estimate of drug-likeness (QED) is 0.0196. The Bertz CT molecular complexity index is 1120. The number of carbonyl (C=O) groups is 3. The van der Waals surface area contributed by atoms with Gasteiger partial charge in [0.15, 0.2) is 12.4 Å². The summed E-state index contributed by atoms with van der Waals surface area (Å²) in [5, 5.41) is 11.7. The minimum absolute atomic E-state index is 0.146. The number of allylic oxidation sites excluding steroid dienone is 8. The molecule has 9 nitrogen and oxygen atoms in total. The van der Waals surface area contributed by atoms with Crippen LogP contribution >= 0.6 is 0 Å². The summed E-state index contributed by atoms with van der Waals surface area (Å²) in [6.07, 6.45) is 47.1. The van der Waals surface area contributed by atoms with Crippen LogP contribution in [-0.4, -0.2) is 82.3 Å². The minimum Gasteiger partial charge on any atom is -0.545 e. The Labute approximate surface area is 368 Å². The van der Waals surface area contributed by atoms with Crippen molar-refractivity contribution < 1.29 is 42.9 Å². The number of hydrogen-bond acceptors (Lipinski definition) is 8. The van der Waals surface area contributed by atoms with Gasteiger partial charge in [0, 0.05) is 12.8 Å². The molecule has 0 fully saturated rings. The molecule has 60 heavy (non-hydrogen) atoms. The molecule has 348 valence electrons. The molecule has 0 aliphatic rings. The molecule has 0 spiro atoms. The molecule has 0 saturated heterocycles. The van der Waals surface area contributed by atoms with Crippen molar-refractivity contribution in [1.82, 2.24) is 0 Å². The van der Waals surface area contributed by atoms with Crippen LogP contribution < -0.4 is 5.11 Å². The second-order valence-corrected chi connectivity index (χ2v) is 17.4. The Kier molecular flexibility index (Phi) is 41.0. The summed E-state index contributed by atoms with van der Waals surface area (Å²) in [7, 11) is 5.91. The maximum absolute atomic E-state index is 12.8. The van der Waals surface area contributed by atoms with E-state index < -0.39 is 24.3 Å². The van der Waals surface area contributed by atoms with E-state index in [0.29, 0.717) is 23.9 Å². The zero-order valence-electron chi connectivity index (χ0n) is 39.3. The molecule has 0 saturated carbocycles. The number of carbonyl (C=O) groups excluding carboxylic acids is 3. The first-order valence-electron chi connectivity index (χ1n) is 24.3. The Balaban J connectivity index is 4.38. The molecular weight excluding hydrogens is 755 g/mol. The Morgan fingerprint density at radius 2 is 0.950 bits per heavy atom. The van der Waals surface area contributed by atoms with Crippen molar-refractivity contribution in [2.45, 2.75) is 212 Å². The summed E-state index contributed by atoms with van der Waals surface area (Å²) >= 11 is 0. The molecule has 0 aliphatic heterocycles. The number of quaternary nitrogens is 1. The summed E-state index contributed by atoms with van der Waals surface area (Å²) in [6, 6.07) is 0. The van der Waals surface area contributed by atoms with E-state index in [1.165, 1.54) is 96.3 Å². The Morgan fingerprint density at radius 1 is 0.517 bits per heavy atom. The zero-order valence-corrected chi connectivity index (χ0v) is 39.3. The van der Waals surface area contributed by atoms with Crippen LogP contribution in [-0.2, 0) is 33.3 Å². The number of carboxylic acids is 1. The van der Waals surface area contributed by atoms with Gasteiger partial charge in [0.05, 0.1) is 40.3 Å². The average Bonchev–Trinajstić information content (AvgIpc) is 3.21. The van der Waals surface area contributed by atoms with Gasteiger partial charge in [0.25, 0.3) is 0 Å². The first-order valence-corrected chi connectivity index (χ1v) is 24.3. The molecule has 2 atom stereocenters. The maximum Gasteiger partial charge on any atom is 0.306 e. The molecule has 0 amide bonds. The van der Waals surface area contributed by atoms with E-state index in [1.54, 1.807) is 0 Å². The SMILES string of the molecule is CC/C=C\C/C=C\C/C=C\C/C=C\CCCCCCCCCCC(=O)OC(COC(=O)CCCCCCCCCCCCCCCC)COC(OCC[N+](C)(C)C)C(=O)[O-]. The summed E-state index contributed by atoms with van der Waals surface area (Å²) in [5.74, 6) is -2.29. The summed E-state index contributed by atoms with van der Waals surface area (Å²) in [4.78, 5) is 37.1. The fourth-order valence-corrected chi connectivity index (χ4v) is 6.59. The lowest BCUT2D eigenvalue weighted by Gasteiger charge is -2.26. The molecule has 0 rings (SSSR count). The normalized spacial score (nSPS) is 13.3. The van der Waals surface area contributed by atoms with Crippen molar-refractivity contribution in [3.05, 3.63) is 48.6 Å². The average molecular weight is 846 g/mol. The highest BCUT2D eigenvalue weighted by atomic mass is 16.7. The van der Waals surface area contributed by atoms with Gasteiger partial charge in [-0.2, -0.15) is 0 Å². The lowest BCUT2D eigenvalue weighted by atomic mass is 10.0. The first-order chi connectivity index (χ1) is 29.1. The number of ether oxygens (including phenoxy) is 4. The van der Waals surface area contributed by atoms with Gasteiger partial charge >= 0.3 is 11.9 Å². The molecule has 0 bridgehead atoms. The topological polar surface area (TPSA) is 111 Å². The molecule has 0 aromatic carbocycles. The lowest BCUT2D eigenvalue weighted by Crippen LogP contribution is -2.44. The van der Waals surface area contributed by atoms with Crippen molar-refractivity contribution in [3.8, 4) is 0 Å². The third kappa shape index (κ3) is 43.3. The molecule has 0 N–H and O–H groups in total. The number of carboxylic acid groups (broad SMARTS) is 1. The van der Waals surface area contributed by atoms with E-state index in [1.807, 2.05) is 21.1 Å². The highest BCUT2D eigenvalue weighted by Crippen LogP contribution is 2.15. The molecule has 0 aromatic heterocycles. The van der Waals surface area contributed by atoms with Crippen molar-refractivity contribution in [2.24, 2.45) is 0 Å². The monoisotopic (exact) mass is 846 g/mol. The Morgan fingerprint density at radius 3 is 1.42 bits per heavy atom. The third-order valence-electron chi connectivity index (χ3n) is 10.3. The fraction of sp³-hybridized carbons (Fsp3) is 0.784. The van der Waals surface area contributed by atoms with E-state index in [2.05, 4.69) is 62.5 Å². The first kappa shape index (κ1) is 57.2. The summed E-state index contributed by atoms with van der Waals surface area (Å²) in [5.41, 5.74) is 0. The molecular formula is C51H91NO8. The van der Waals surface area contributed by atoms with E-state index in [4.69, 9.17) is 18.9 Å². The smallest absolute Gasteiger partial charge is 0.306 e. The largest absolute Gasteiger partial charge is 0.545 e. The number of nitrogens with zero attached hydrogens (tertiary/aromatic N) is 1.